The molecule has 0 aromatic heterocycles. The molecule has 1 aromatic carbocycles. The van der Waals surface area contributed by atoms with Gasteiger partial charge >= 0.3 is 12.1 Å². The molecule has 0 fully saturated rings. The molecule has 0 radical (unpaired) electrons. The van der Waals surface area contributed by atoms with E-state index in [2.05, 4.69) is 24.5 Å². The number of Topliss-reactive ketones (excluding diaryl/α,β-unsaturated/α-hetero) is 1. The van der Waals surface area contributed by atoms with Gasteiger partial charge in [0.2, 0.25) is 0 Å². The molecule has 26 heavy (non-hydrogen) atoms. The van der Waals surface area contributed by atoms with Crippen LogP contribution in [-0.4, -0.2) is 36.2 Å². The van der Waals surface area contributed by atoms with Gasteiger partial charge in [-0.2, -0.15) is 12.6 Å². The fraction of sp³-hybridized carbons (Fsp3) is 0.421. The predicted octanol–water partition coefficient (Wildman–Crippen LogP) is 3.07. The first-order valence-corrected chi connectivity index (χ1v) is 8.94. The second-order valence-corrected chi connectivity index (χ2v) is 6.12. The van der Waals surface area contributed by atoms with Gasteiger partial charge in [0.15, 0.2) is 5.78 Å². The zero-order valence-corrected chi connectivity index (χ0v) is 15.8. The normalized spacial score (nSPS) is 11.3. The second-order valence-electron chi connectivity index (χ2n) is 5.60. The van der Waals surface area contributed by atoms with Crippen molar-refractivity contribution < 1.29 is 23.9 Å². The van der Waals surface area contributed by atoms with Gasteiger partial charge < -0.3 is 14.8 Å². The minimum absolute atomic E-state index is 0.209. The maximum Gasteiger partial charge on any atom is 0.407 e. The second kappa shape index (κ2) is 12.1. The van der Waals surface area contributed by atoms with Gasteiger partial charge in [-0.05, 0) is 25.3 Å². The Kier molecular flexibility index (Phi) is 10.2. The van der Waals surface area contributed by atoms with Crippen LogP contribution in [0, 0.1) is 0 Å². The first-order valence-electron chi connectivity index (χ1n) is 8.42. The van der Waals surface area contributed by atoms with Crippen molar-refractivity contribution in [3.63, 3.8) is 0 Å². The maximum atomic E-state index is 11.9. The van der Waals surface area contributed by atoms with Crippen LogP contribution in [0.1, 0.15) is 31.7 Å². The molecular formula is C19H25NO5S. The van der Waals surface area contributed by atoms with E-state index in [4.69, 9.17) is 9.47 Å². The van der Waals surface area contributed by atoms with E-state index in [1.165, 1.54) is 0 Å². The SMILES string of the molecule is C=C(CCCNC(=O)OCc1ccccc1)C(S)C(=O)CC(=O)OCC. The summed E-state index contributed by atoms with van der Waals surface area (Å²) in [5, 5.41) is 1.92. The molecule has 1 atom stereocenters. The minimum atomic E-state index is -0.718. The van der Waals surface area contributed by atoms with Crippen LogP contribution in [0.15, 0.2) is 42.5 Å². The number of nitrogens with one attached hydrogen (secondary N) is 1. The highest BCUT2D eigenvalue weighted by molar-refractivity contribution is 7.82. The number of ether oxygens (including phenoxy) is 2. The van der Waals surface area contributed by atoms with Gasteiger partial charge in [0, 0.05) is 6.54 Å². The zero-order chi connectivity index (χ0) is 19.4. The Hall–Kier alpha value is -2.28. The summed E-state index contributed by atoms with van der Waals surface area (Å²) in [6.07, 6.45) is 0.274. The quantitative estimate of drug-likeness (QED) is 0.203. The van der Waals surface area contributed by atoms with Gasteiger partial charge in [-0.3, -0.25) is 9.59 Å². The number of hydrogen-bond donors (Lipinski definition) is 2. The van der Waals surface area contributed by atoms with Gasteiger partial charge in [0.25, 0.3) is 0 Å². The Labute approximate surface area is 159 Å². The summed E-state index contributed by atoms with van der Waals surface area (Å²) in [6, 6.07) is 9.39. The highest BCUT2D eigenvalue weighted by Gasteiger charge is 2.20. The van der Waals surface area contributed by atoms with Crippen LogP contribution in [0.3, 0.4) is 0 Å². The fourth-order valence-electron chi connectivity index (χ4n) is 2.10. The lowest BCUT2D eigenvalue weighted by Gasteiger charge is -2.13. The first kappa shape index (κ1) is 21.8. The Bertz CT molecular complexity index is 618. The molecule has 7 heteroatoms. The standard InChI is InChI=1S/C19H25NO5S/c1-3-24-17(22)12-16(21)18(26)14(2)8-7-11-20-19(23)25-13-15-9-5-4-6-10-15/h4-6,9-10,18,26H,2-3,7-8,11-13H2,1H3,(H,20,23). The molecule has 0 aliphatic heterocycles. The fourth-order valence-corrected chi connectivity index (χ4v) is 2.32. The molecule has 1 rings (SSSR count). The van der Waals surface area contributed by atoms with E-state index in [9.17, 15) is 14.4 Å². The van der Waals surface area contributed by atoms with Crippen LogP contribution < -0.4 is 5.32 Å². The average molecular weight is 379 g/mol. The first-order chi connectivity index (χ1) is 12.4. The number of thiol groups is 1. The summed E-state index contributed by atoms with van der Waals surface area (Å²) in [7, 11) is 0. The molecule has 0 aliphatic carbocycles. The highest BCUT2D eigenvalue weighted by atomic mass is 32.1. The lowest BCUT2D eigenvalue weighted by atomic mass is 10.0. The van der Waals surface area contributed by atoms with Crippen molar-refractivity contribution >= 4 is 30.5 Å². The number of esters is 1. The van der Waals surface area contributed by atoms with Gasteiger partial charge in [0.1, 0.15) is 13.0 Å². The molecule has 1 amide bonds. The Morgan fingerprint density at radius 3 is 2.54 bits per heavy atom. The number of ketones is 1. The molecule has 1 N–H and O–H groups in total. The van der Waals surface area contributed by atoms with E-state index in [0.717, 1.165) is 5.56 Å². The summed E-state index contributed by atoms with van der Waals surface area (Å²) in [4.78, 5) is 34.8. The number of benzene rings is 1. The summed E-state index contributed by atoms with van der Waals surface area (Å²) in [5.41, 5.74) is 1.51. The van der Waals surface area contributed by atoms with Gasteiger partial charge in [-0.15, -0.1) is 0 Å². The van der Waals surface area contributed by atoms with Crippen LogP contribution in [0.5, 0.6) is 0 Å². The molecule has 0 bridgehead atoms. The van der Waals surface area contributed by atoms with Gasteiger partial charge in [0.05, 0.1) is 11.9 Å². The lowest BCUT2D eigenvalue weighted by molar-refractivity contribution is -0.145. The van der Waals surface area contributed by atoms with Crippen molar-refractivity contribution in [2.45, 2.75) is 38.0 Å². The van der Waals surface area contributed by atoms with E-state index < -0.39 is 17.3 Å². The van der Waals surface area contributed by atoms with Crippen LogP contribution in [-0.2, 0) is 25.7 Å². The monoisotopic (exact) mass is 379 g/mol. The average Bonchev–Trinajstić information content (AvgIpc) is 2.63. The molecule has 0 aliphatic rings. The number of amides is 1. The third kappa shape index (κ3) is 8.71. The molecule has 0 saturated heterocycles. The third-order valence-electron chi connectivity index (χ3n) is 3.47. The number of alkyl carbamates (subject to hydrolysis) is 1. The minimum Gasteiger partial charge on any atom is -0.466 e. The number of rotatable bonds is 11. The van der Waals surface area contributed by atoms with Crippen LogP contribution in [0.4, 0.5) is 4.79 Å². The van der Waals surface area contributed by atoms with E-state index in [1.54, 1.807) is 6.92 Å². The molecule has 142 valence electrons. The van der Waals surface area contributed by atoms with Crippen molar-refractivity contribution in [3.8, 4) is 0 Å². The van der Waals surface area contributed by atoms with Crippen molar-refractivity contribution in [3.05, 3.63) is 48.0 Å². The zero-order valence-electron chi connectivity index (χ0n) is 14.9. The van der Waals surface area contributed by atoms with E-state index >= 15 is 0 Å². The molecule has 1 unspecified atom stereocenters. The van der Waals surface area contributed by atoms with Gasteiger partial charge in [-0.25, -0.2) is 4.79 Å². The van der Waals surface area contributed by atoms with Crippen molar-refractivity contribution in [1.29, 1.82) is 0 Å². The molecule has 1 aromatic rings. The largest absolute Gasteiger partial charge is 0.466 e. The Morgan fingerprint density at radius 2 is 1.88 bits per heavy atom. The van der Waals surface area contributed by atoms with Crippen molar-refractivity contribution in [1.82, 2.24) is 5.32 Å². The van der Waals surface area contributed by atoms with Crippen molar-refractivity contribution in [2.24, 2.45) is 0 Å². The molecular weight excluding hydrogens is 354 g/mol. The predicted molar refractivity (Wildman–Crippen MR) is 102 cm³/mol. The summed E-state index contributed by atoms with van der Waals surface area (Å²) in [6.45, 7) is 6.34. The third-order valence-corrected chi connectivity index (χ3v) is 4.13. The highest BCUT2D eigenvalue weighted by Crippen LogP contribution is 2.16. The van der Waals surface area contributed by atoms with E-state index in [1.807, 2.05) is 30.3 Å². The topological polar surface area (TPSA) is 81.7 Å². The molecule has 0 spiro atoms. The van der Waals surface area contributed by atoms with Crippen LogP contribution in [0.2, 0.25) is 0 Å². The Balaban J connectivity index is 2.19. The number of carbonyl (C=O) groups excluding carboxylic acids is 3. The van der Waals surface area contributed by atoms with E-state index in [0.29, 0.717) is 25.0 Å². The van der Waals surface area contributed by atoms with Crippen LogP contribution >= 0.6 is 12.6 Å². The van der Waals surface area contributed by atoms with Crippen molar-refractivity contribution in [2.75, 3.05) is 13.2 Å². The molecule has 6 nitrogen and oxygen atoms in total. The molecule has 0 saturated carbocycles. The van der Waals surface area contributed by atoms with Crippen LogP contribution in [0.25, 0.3) is 0 Å². The summed E-state index contributed by atoms with van der Waals surface area (Å²) >= 11 is 4.21. The Morgan fingerprint density at radius 1 is 1.19 bits per heavy atom. The van der Waals surface area contributed by atoms with E-state index in [-0.39, 0.29) is 25.4 Å². The number of carbonyl (C=O) groups is 3. The summed E-state index contributed by atoms with van der Waals surface area (Å²) < 4.78 is 9.83. The smallest absolute Gasteiger partial charge is 0.407 e. The maximum absolute atomic E-state index is 11.9. The summed E-state index contributed by atoms with van der Waals surface area (Å²) in [5.74, 6) is -0.904. The number of hydrogen-bond acceptors (Lipinski definition) is 6. The molecule has 0 heterocycles. The van der Waals surface area contributed by atoms with Gasteiger partial charge in [-0.1, -0.05) is 42.5 Å². The lowest BCUT2D eigenvalue weighted by Crippen LogP contribution is -2.26.